The van der Waals surface area contributed by atoms with Crippen LogP contribution in [0.3, 0.4) is 0 Å². The van der Waals surface area contributed by atoms with Gasteiger partial charge < -0.3 is 0 Å². The third-order valence-corrected chi connectivity index (χ3v) is 3.07. The highest BCUT2D eigenvalue weighted by Crippen LogP contribution is 2.16. The third kappa shape index (κ3) is 5.18. The van der Waals surface area contributed by atoms with E-state index in [1.165, 1.54) is 27.8 Å². The summed E-state index contributed by atoms with van der Waals surface area (Å²) in [5.74, 6) is 0. The number of allylic oxidation sites excluding steroid dienone is 5. The van der Waals surface area contributed by atoms with Crippen LogP contribution in [0.4, 0.5) is 0 Å². The van der Waals surface area contributed by atoms with Crippen molar-refractivity contribution in [2.75, 3.05) is 0 Å². The van der Waals surface area contributed by atoms with Gasteiger partial charge in [0.2, 0.25) is 0 Å². The lowest BCUT2D eigenvalue weighted by Gasteiger charge is -2.02. The number of benzene rings is 1. The summed E-state index contributed by atoms with van der Waals surface area (Å²) in [4.78, 5) is 0. The predicted octanol–water partition coefficient (Wildman–Crippen LogP) is 5.70. The van der Waals surface area contributed by atoms with E-state index in [1.807, 2.05) is 0 Å². The highest BCUT2D eigenvalue weighted by Gasteiger charge is 1.94. The molecular formula is C18H24. The second-order valence-electron chi connectivity index (χ2n) is 5.19. The maximum absolute atomic E-state index is 3.94. The molecule has 0 N–H and O–H groups in total. The van der Waals surface area contributed by atoms with Crippen molar-refractivity contribution >= 4 is 5.57 Å². The van der Waals surface area contributed by atoms with Crippen LogP contribution < -0.4 is 0 Å². The number of rotatable bonds is 5. The topological polar surface area (TPSA) is 0 Å². The molecule has 0 aliphatic carbocycles. The average Bonchev–Trinajstić information content (AvgIpc) is 2.34. The number of hydrogen-bond donors (Lipinski definition) is 0. The van der Waals surface area contributed by atoms with E-state index in [4.69, 9.17) is 0 Å². The molecular weight excluding hydrogens is 216 g/mol. The van der Waals surface area contributed by atoms with Gasteiger partial charge in [0.25, 0.3) is 0 Å². The summed E-state index contributed by atoms with van der Waals surface area (Å²) in [5, 5.41) is 0. The molecule has 96 valence electrons. The molecule has 0 saturated heterocycles. The second-order valence-corrected chi connectivity index (χ2v) is 5.19. The predicted molar refractivity (Wildman–Crippen MR) is 82.6 cm³/mol. The molecule has 0 aliphatic rings. The van der Waals surface area contributed by atoms with Gasteiger partial charge in [-0.25, -0.2) is 0 Å². The van der Waals surface area contributed by atoms with Gasteiger partial charge in [0, 0.05) is 0 Å². The Morgan fingerprint density at radius 2 is 1.61 bits per heavy atom. The van der Waals surface area contributed by atoms with Gasteiger partial charge in [0.05, 0.1) is 0 Å². The molecule has 1 aromatic carbocycles. The summed E-state index contributed by atoms with van der Waals surface area (Å²) in [7, 11) is 0. The lowest BCUT2D eigenvalue weighted by atomic mass is 10.0. The maximum atomic E-state index is 3.94. The minimum Gasteiger partial charge on any atom is -0.100 e. The summed E-state index contributed by atoms with van der Waals surface area (Å²) in [6.45, 7) is 12.5. The second kappa shape index (κ2) is 7.00. The highest BCUT2D eigenvalue weighted by atomic mass is 14.0. The van der Waals surface area contributed by atoms with Gasteiger partial charge >= 0.3 is 0 Å². The molecule has 0 amide bonds. The number of aryl methyl sites for hydroxylation is 1. The Morgan fingerprint density at radius 1 is 1.00 bits per heavy atom. The molecule has 1 rings (SSSR count). The standard InChI is InChI=1S/C18H24/c1-14(2)6-7-15(3)8-11-17(5)18-12-9-16(4)10-13-18/h8-13H,1,6-7H2,2-5H3. The van der Waals surface area contributed by atoms with Gasteiger partial charge in [-0.2, -0.15) is 0 Å². The smallest absolute Gasteiger partial charge is 0.0227 e. The van der Waals surface area contributed by atoms with Crippen molar-refractivity contribution in [1.82, 2.24) is 0 Å². The Balaban J connectivity index is 2.68. The van der Waals surface area contributed by atoms with Gasteiger partial charge in [0.15, 0.2) is 0 Å². The zero-order valence-electron chi connectivity index (χ0n) is 12.1. The van der Waals surface area contributed by atoms with E-state index in [2.05, 4.69) is 70.7 Å². The summed E-state index contributed by atoms with van der Waals surface area (Å²) in [5.41, 5.74) is 6.57. The summed E-state index contributed by atoms with van der Waals surface area (Å²) in [6, 6.07) is 8.67. The molecule has 0 unspecified atom stereocenters. The molecule has 0 heteroatoms. The fraction of sp³-hybridized carbons (Fsp3) is 0.333. The molecule has 0 spiro atoms. The largest absolute Gasteiger partial charge is 0.100 e. The van der Waals surface area contributed by atoms with E-state index in [9.17, 15) is 0 Å². The minimum absolute atomic E-state index is 1.08. The van der Waals surface area contributed by atoms with Crippen LogP contribution >= 0.6 is 0 Å². The van der Waals surface area contributed by atoms with Crippen LogP contribution in [0.15, 0.2) is 54.1 Å². The van der Waals surface area contributed by atoms with E-state index in [-0.39, 0.29) is 0 Å². The van der Waals surface area contributed by atoms with Crippen LogP contribution in [0.2, 0.25) is 0 Å². The van der Waals surface area contributed by atoms with E-state index < -0.39 is 0 Å². The van der Waals surface area contributed by atoms with Gasteiger partial charge in [0.1, 0.15) is 0 Å². The molecule has 0 heterocycles. The SMILES string of the molecule is C=C(C)CCC(C)=CC=C(C)c1ccc(C)cc1. The van der Waals surface area contributed by atoms with Crippen LogP contribution in [0, 0.1) is 6.92 Å². The van der Waals surface area contributed by atoms with Gasteiger partial charge in [-0.3, -0.25) is 0 Å². The van der Waals surface area contributed by atoms with E-state index in [0.717, 1.165) is 12.8 Å². The molecule has 0 saturated carbocycles. The highest BCUT2D eigenvalue weighted by molar-refractivity contribution is 5.65. The molecule has 18 heavy (non-hydrogen) atoms. The van der Waals surface area contributed by atoms with Crippen molar-refractivity contribution in [3.8, 4) is 0 Å². The fourth-order valence-electron chi connectivity index (χ4n) is 1.67. The van der Waals surface area contributed by atoms with Crippen LogP contribution in [-0.4, -0.2) is 0 Å². The lowest BCUT2D eigenvalue weighted by molar-refractivity contribution is 0.928. The Morgan fingerprint density at radius 3 is 2.17 bits per heavy atom. The van der Waals surface area contributed by atoms with Crippen LogP contribution in [-0.2, 0) is 0 Å². The van der Waals surface area contributed by atoms with Crippen molar-refractivity contribution in [2.45, 2.75) is 40.5 Å². The average molecular weight is 240 g/mol. The third-order valence-electron chi connectivity index (χ3n) is 3.07. The Kier molecular flexibility index (Phi) is 5.64. The summed E-state index contributed by atoms with van der Waals surface area (Å²) in [6.07, 6.45) is 6.61. The van der Waals surface area contributed by atoms with Crippen molar-refractivity contribution in [2.24, 2.45) is 0 Å². The number of hydrogen-bond acceptors (Lipinski definition) is 0. The van der Waals surface area contributed by atoms with Crippen LogP contribution in [0.1, 0.15) is 44.7 Å². The van der Waals surface area contributed by atoms with Gasteiger partial charge in [-0.05, 0) is 51.7 Å². The van der Waals surface area contributed by atoms with Gasteiger partial charge in [-0.15, -0.1) is 6.58 Å². The quantitative estimate of drug-likeness (QED) is 0.457. The first-order valence-corrected chi connectivity index (χ1v) is 6.54. The first-order valence-electron chi connectivity index (χ1n) is 6.54. The molecule has 0 radical (unpaired) electrons. The first-order chi connectivity index (χ1) is 8.49. The van der Waals surface area contributed by atoms with Crippen molar-refractivity contribution < 1.29 is 0 Å². The van der Waals surface area contributed by atoms with E-state index in [1.54, 1.807) is 0 Å². The zero-order valence-corrected chi connectivity index (χ0v) is 12.1. The molecule has 0 atom stereocenters. The van der Waals surface area contributed by atoms with Crippen molar-refractivity contribution in [1.29, 1.82) is 0 Å². The molecule has 0 aromatic heterocycles. The van der Waals surface area contributed by atoms with Gasteiger partial charge in [-0.1, -0.05) is 53.1 Å². The molecule has 0 aliphatic heterocycles. The normalized spacial score (nSPS) is 12.7. The lowest BCUT2D eigenvalue weighted by Crippen LogP contribution is -1.81. The fourth-order valence-corrected chi connectivity index (χ4v) is 1.67. The van der Waals surface area contributed by atoms with Crippen LogP contribution in [0.5, 0.6) is 0 Å². The molecule has 1 aromatic rings. The zero-order chi connectivity index (χ0) is 13.5. The van der Waals surface area contributed by atoms with E-state index in [0.29, 0.717) is 0 Å². The Bertz CT molecular complexity index is 455. The molecule has 0 nitrogen and oxygen atoms in total. The molecule has 0 bridgehead atoms. The van der Waals surface area contributed by atoms with E-state index >= 15 is 0 Å². The first kappa shape index (κ1) is 14.5. The monoisotopic (exact) mass is 240 g/mol. The Labute approximate surface area is 112 Å². The summed E-state index contributed by atoms with van der Waals surface area (Å²) < 4.78 is 0. The maximum Gasteiger partial charge on any atom is -0.0227 e. The Hall–Kier alpha value is -1.56. The van der Waals surface area contributed by atoms with Crippen molar-refractivity contribution in [3.05, 3.63) is 65.3 Å². The van der Waals surface area contributed by atoms with Crippen LogP contribution in [0.25, 0.3) is 5.57 Å². The summed E-state index contributed by atoms with van der Waals surface area (Å²) >= 11 is 0. The molecule has 0 fully saturated rings. The van der Waals surface area contributed by atoms with Crippen molar-refractivity contribution in [3.63, 3.8) is 0 Å². The minimum atomic E-state index is 1.08.